The zero-order valence-electron chi connectivity index (χ0n) is 7.73. The van der Waals surface area contributed by atoms with Gasteiger partial charge in [0.2, 0.25) is 0 Å². The summed E-state index contributed by atoms with van der Waals surface area (Å²) in [5.41, 5.74) is 2.70. The van der Waals surface area contributed by atoms with Crippen LogP contribution in [0.5, 0.6) is 0 Å². The topological polar surface area (TPSA) is 17.1 Å². The van der Waals surface area contributed by atoms with Crippen LogP contribution in [0.1, 0.15) is 45.4 Å². The molecule has 0 aromatic heterocycles. The molecule has 1 heteroatoms. The molecule has 1 atom stereocenters. The summed E-state index contributed by atoms with van der Waals surface area (Å²) in [4.78, 5) is 11.7. The summed E-state index contributed by atoms with van der Waals surface area (Å²) in [7, 11) is 0. The van der Waals surface area contributed by atoms with Gasteiger partial charge < -0.3 is 0 Å². The first-order valence-electron chi connectivity index (χ1n) is 5.04. The molecule has 2 aliphatic carbocycles. The Morgan fingerprint density at radius 1 is 1.17 bits per heavy atom. The van der Waals surface area contributed by atoms with Crippen LogP contribution in [0.3, 0.4) is 0 Å². The smallest absolute Gasteiger partial charge is 0.161 e. The molecule has 0 fully saturated rings. The van der Waals surface area contributed by atoms with E-state index in [0.717, 1.165) is 12.8 Å². The van der Waals surface area contributed by atoms with Crippen molar-refractivity contribution < 1.29 is 4.79 Å². The molecule has 2 rings (SSSR count). The molecule has 0 aliphatic heterocycles. The van der Waals surface area contributed by atoms with E-state index >= 15 is 0 Å². The summed E-state index contributed by atoms with van der Waals surface area (Å²) in [5, 5.41) is 0. The SMILES string of the molecule is CC1CCC2=C(CCCC2)C1=O. The van der Waals surface area contributed by atoms with Gasteiger partial charge in [-0.25, -0.2) is 0 Å². The number of rotatable bonds is 0. The molecule has 0 aromatic carbocycles. The van der Waals surface area contributed by atoms with Gasteiger partial charge in [0.15, 0.2) is 5.78 Å². The number of carbonyl (C=O) groups is 1. The first-order chi connectivity index (χ1) is 5.79. The van der Waals surface area contributed by atoms with E-state index in [1.807, 2.05) is 0 Å². The van der Waals surface area contributed by atoms with Gasteiger partial charge in [0.05, 0.1) is 0 Å². The summed E-state index contributed by atoms with van der Waals surface area (Å²) in [6, 6.07) is 0. The van der Waals surface area contributed by atoms with Gasteiger partial charge in [0, 0.05) is 5.92 Å². The average Bonchev–Trinajstić information content (AvgIpc) is 2.12. The van der Waals surface area contributed by atoms with E-state index < -0.39 is 0 Å². The highest BCUT2D eigenvalue weighted by atomic mass is 16.1. The molecule has 0 amide bonds. The molecule has 66 valence electrons. The highest BCUT2D eigenvalue weighted by Crippen LogP contribution is 2.35. The van der Waals surface area contributed by atoms with E-state index in [1.165, 1.54) is 36.8 Å². The number of Topliss-reactive ketones (excluding diaryl/α,β-unsaturated/α-hetero) is 1. The Hall–Kier alpha value is -0.590. The largest absolute Gasteiger partial charge is 0.294 e. The van der Waals surface area contributed by atoms with Gasteiger partial charge in [0.1, 0.15) is 0 Å². The van der Waals surface area contributed by atoms with E-state index in [1.54, 1.807) is 0 Å². The fourth-order valence-electron chi connectivity index (χ4n) is 2.36. The third-order valence-electron chi connectivity index (χ3n) is 3.21. The van der Waals surface area contributed by atoms with Crippen molar-refractivity contribution in [1.82, 2.24) is 0 Å². The van der Waals surface area contributed by atoms with Gasteiger partial charge in [-0.05, 0) is 44.1 Å². The third kappa shape index (κ3) is 1.21. The zero-order valence-corrected chi connectivity index (χ0v) is 7.73. The minimum absolute atomic E-state index is 0.307. The molecule has 0 saturated heterocycles. The molecular weight excluding hydrogens is 148 g/mol. The predicted molar refractivity (Wildman–Crippen MR) is 48.9 cm³/mol. The van der Waals surface area contributed by atoms with Crippen molar-refractivity contribution in [2.24, 2.45) is 5.92 Å². The Balaban J connectivity index is 2.28. The van der Waals surface area contributed by atoms with Crippen molar-refractivity contribution in [1.29, 1.82) is 0 Å². The molecule has 2 aliphatic rings. The van der Waals surface area contributed by atoms with Crippen LogP contribution in [-0.4, -0.2) is 5.78 Å². The van der Waals surface area contributed by atoms with Crippen LogP contribution < -0.4 is 0 Å². The molecule has 0 radical (unpaired) electrons. The molecule has 1 nitrogen and oxygen atoms in total. The third-order valence-corrected chi connectivity index (χ3v) is 3.21. The maximum Gasteiger partial charge on any atom is 0.161 e. The Labute approximate surface area is 73.8 Å². The lowest BCUT2D eigenvalue weighted by molar-refractivity contribution is -0.119. The lowest BCUT2D eigenvalue weighted by Crippen LogP contribution is -2.22. The second-order valence-electron chi connectivity index (χ2n) is 4.09. The molecule has 12 heavy (non-hydrogen) atoms. The van der Waals surface area contributed by atoms with Gasteiger partial charge in [-0.2, -0.15) is 0 Å². The van der Waals surface area contributed by atoms with Crippen LogP contribution >= 0.6 is 0 Å². The fraction of sp³-hybridized carbons (Fsp3) is 0.727. The van der Waals surface area contributed by atoms with E-state index in [0.29, 0.717) is 11.7 Å². The first kappa shape index (κ1) is 8.03. The summed E-state index contributed by atoms with van der Waals surface area (Å²) in [6.07, 6.45) is 7.10. The Morgan fingerprint density at radius 2 is 1.92 bits per heavy atom. The van der Waals surface area contributed by atoms with Gasteiger partial charge in [0.25, 0.3) is 0 Å². The second kappa shape index (κ2) is 3.04. The summed E-state index contributed by atoms with van der Waals surface area (Å²) in [6.45, 7) is 2.07. The van der Waals surface area contributed by atoms with Crippen LogP contribution in [0.25, 0.3) is 0 Å². The predicted octanol–water partition coefficient (Wildman–Crippen LogP) is 2.86. The molecule has 0 saturated carbocycles. The highest BCUT2D eigenvalue weighted by molar-refractivity contribution is 5.98. The molecule has 0 spiro atoms. The average molecular weight is 164 g/mol. The highest BCUT2D eigenvalue weighted by Gasteiger charge is 2.27. The lowest BCUT2D eigenvalue weighted by Gasteiger charge is -2.27. The Morgan fingerprint density at radius 3 is 2.75 bits per heavy atom. The normalized spacial score (nSPS) is 30.4. The van der Waals surface area contributed by atoms with Crippen LogP contribution in [0.2, 0.25) is 0 Å². The van der Waals surface area contributed by atoms with Crippen molar-refractivity contribution >= 4 is 5.78 Å². The monoisotopic (exact) mass is 164 g/mol. The van der Waals surface area contributed by atoms with Crippen molar-refractivity contribution in [3.05, 3.63) is 11.1 Å². The minimum atomic E-state index is 0.307. The minimum Gasteiger partial charge on any atom is -0.294 e. The van der Waals surface area contributed by atoms with Crippen LogP contribution in [0.15, 0.2) is 11.1 Å². The molecular formula is C11H16O. The van der Waals surface area contributed by atoms with Crippen LogP contribution in [-0.2, 0) is 4.79 Å². The molecule has 0 aromatic rings. The molecule has 0 bridgehead atoms. The molecule has 0 heterocycles. The van der Waals surface area contributed by atoms with Gasteiger partial charge in [-0.3, -0.25) is 4.79 Å². The summed E-state index contributed by atoms with van der Waals surface area (Å²) < 4.78 is 0. The number of hydrogen-bond acceptors (Lipinski definition) is 1. The van der Waals surface area contributed by atoms with E-state index in [-0.39, 0.29) is 0 Å². The summed E-state index contributed by atoms with van der Waals surface area (Å²) in [5.74, 6) is 0.762. The van der Waals surface area contributed by atoms with Gasteiger partial charge in [-0.15, -0.1) is 0 Å². The maximum atomic E-state index is 11.7. The van der Waals surface area contributed by atoms with Crippen LogP contribution in [0.4, 0.5) is 0 Å². The number of ketones is 1. The Kier molecular flexibility index (Phi) is 2.03. The van der Waals surface area contributed by atoms with Crippen molar-refractivity contribution in [3.8, 4) is 0 Å². The fourth-order valence-corrected chi connectivity index (χ4v) is 2.36. The quantitative estimate of drug-likeness (QED) is 0.538. The van der Waals surface area contributed by atoms with E-state index in [9.17, 15) is 4.79 Å². The lowest BCUT2D eigenvalue weighted by atomic mass is 9.77. The van der Waals surface area contributed by atoms with Crippen molar-refractivity contribution in [2.45, 2.75) is 45.4 Å². The van der Waals surface area contributed by atoms with E-state index in [2.05, 4.69) is 6.92 Å². The van der Waals surface area contributed by atoms with E-state index in [4.69, 9.17) is 0 Å². The Bertz CT molecular complexity index is 237. The van der Waals surface area contributed by atoms with Gasteiger partial charge in [-0.1, -0.05) is 12.5 Å². The van der Waals surface area contributed by atoms with Crippen molar-refractivity contribution in [3.63, 3.8) is 0 Å². The molecule has 1 unspecified atom stereocenters. The number of carbonyl (C=O) groups excluding carboxylic acids is 1. The van der Waals surface area contributed by atoms with Gasteiger partial charge >= 0.3 is 0 Å². The standard InChI is InChI=1S/C11H16O/c1-8-6-7-9-4-2-3-5-10(9)11(8)12/h8H,2-7H2,1H3. The number of allylic oxidation sites excluding steroid dienone is 2. The number of hydrogen-bond donors (Lipinski definition) is 0. The molecule has 0 N–H and O–H groups in total. The summed E-state index contributed by atoms with van der Waals surface area (Å²) >= 11 is 0. The zero-order chi connectivity index (χ0) is 8.55. The van der Waals surface area contributed by atoms with Crippen molar-refractivity contribution in [2.75, 3.05) is 0 Å². The first-order valence-corrected chi connectivity index (χ1v) is 5.04. The van der Waals surface area contributed by atoms with Crippen LogP contribution in [0, 0.1) is 5.92 Å². The maximum absolute atomic E-state index is 11.7. The second-order valence-corrected chi connectivity index (χ2v) is 4.09.